The van der Waals surface area contributed by atoms with Crippen LogP contribution in [0.3, 0.4) is 0 Å². The van der Waals surface area contributed by atoms with Gasteiger partial charge in [-0.25, -0.2) is 4.98 Å². The van der Waals surface area contributed by atoms with Crippen LogP contribution in [0.4, 0.5) is 0 Å². The first-order valence-corrected chi connectivity index (χ1v) is 10.8. The summed E-state index contributed by atoms with van der Waals surface area (Å²) in [5, 5.41) is 6.05. The SMILES string of the molecule is CCN1CCN(CCNC(=O)c2cc(-c3cccs3)nc3ccccc23)CC1. The third-order valence-electron chi connectivity index (χ3n) is 5.36. The maximum atomic E-state index is 13.0. The Hall–Kier alpha value is -2.28. The van der Waals surface area contributed by atoms with Crippen molar-refractivity contribution >= 4 is 28.1 Å². The van der Waals surface area contributed by atoms with E-state index in [0.717, 1.165) is 60.7 Å². The number of carbonyl (C=O) groups excluding carboxylic acids is 1. The molecule has 1 aliphatic rings. The van der Waals surface area contributed by atoms with Gasteiger partial charge >= 0.3 is 0 Å². The molecule has 2 aromatic heterocycles. The molecule has 1 fully saturated rings. The van der Waals surface area contributed by atoms with Crippen LogP contribution >= 0.6 is 11.3 Å². The average Bonchev–Trinajstić information content (AvgIpc) is 3.28. The lowest BCUT2D eigenvalue weighted by molar-refractivity contribution is 0.0939. The summed E-state index contributed by atoms with van der Waals surface area (Å²) < 4.78 is 0. The Morgan fingerprint density at radius 3 is 2.64 bits per heavy atom. The van der Waals surface area contributed by atoms with E-state index in [9.17, 15) is 4.79 Å². The second-order valence-corrected chi connectivity index (χ2v) is 8.03. The monoisotopic (exact) mass is 394 g/mol. The Morgan fingerprint density at radius 2 is 1.89 bits per heavy atom. The molecule has 1 amide bonds. The largest absolute Gasteiger partial charge is 0.351 e. The topological polar surface area (TPSA) is 48.5 Å². The summed E-state index contributed by atoms with van der Waals surface area (Å²) >= 11 is 1.64. The fourth-order valence-electron chi connectivity index (χ4n) is 3.67. The number of carbonyl (C=O) groups is 1. The number of piperazine rings is 1. The number of nitrogens with zero attached hydrogens (tertiary/aromatic N) is 3. The summed E-state index contributed by atoms with van der Waals surface area (Å²) in [5.41, 5.74) is 2.41. The van der Waals surface area contributed by atoms with Gasteiger partial charge in [0.2, 0.25) is 0 Å². The van der Waals surface area contributed by atoms with Gasteiger partial charge in [0, 0.05) is 44.7 Å². The van der Waals surface area contributed by atoms with Gasteiger partial charge in [0.1, 0.15) is 0 Å². The molecule has 3 heterocycles. The lowest BCUT2D eigenvalue weighted by Gasteiger charge is -2.33. The standard InChI is InChI=1S/C22H26N4OS/c1-2-25-11-13-26(14-12-25)10-9-23-22(27)18-16-20(21-8-5-15-28-21)24-19-7-4-3-6-17(18)19/h3-8,15-16H,2,9-14H2,1H3,(H,23,27). The number of likely N-dealkylation sites (N-methyl/N-ethyl adjacent to an activating group) is 1. The molecule has 3 aromatic rings. The third kappa shape index (κ3) is 4.24. The number of nitrogens with one attached hydrogen (secondary N) is 1. The lowest BCUT2D eigenvalue weighted by atomic mass is 10.1. The van der Waals surface area contributed by atoms with Crippen LogP contribution in [-0.4, -0.2) is 66.5 Å². The van der Waals surface area contributed by atoms with Gasteiger partial charge < -0.3 is 10.2 Å². The van der Waals surface area contributed by atoms with E-state index in [1.54, 1.807) is 11.3 Å². The number of para-hydroxylation sites is 1. The molecule has 0 spiro atoms. The van der Waals surface area contributed by atoms with E-state index in [2.05, 4.69) is 22.0 Å². The average molecular weight is 395 g/mol. The van der Waals surface area contributed by atoms with Crippen LogP contribution in [0.2, 0.25) is 0 Å². The van der Waals surface area contributed by atoms with Crippen LogP contribution in [0, 0.1) is 0 Å². The van der Waals surface area contributed by atoms with Crippen LogP contribution in [0.15, 0.2) is 47.8 Å². The minimum absolute atomic E-state index is 0.0244. The van der Waals surface area contributed by atoms with Gasteiger partial charge in [0.25, 0.3) is 5.91 Å². The van der Waals surface area contributed by atoms with E-state index in [4.69, 9.17) is 4.98 Å². The zero-order valence-electron chi connectivity index (χ0n) is 16.2. The van der Waals surface area contributed by atoms with Crippen molar-refractivity contribution in [1.82, 2.24) is 20.1 Å². The molecule has 0 aliphatic carbocycles. The molecular weight excluding hydrogens is 368 g/mol. The number of rotatable bonds is 6. The summed E-state index contributed by atoms with van der Waals surface area (Å²) in [6, 6.07) is 13.8. The molecule has 1 N–H and O–H groups in total. The summed E-state index contributed by atoms with van der Waals surface area (Å²) in [7, 11) is 0. The number of pyridine rings is 1. The molecule has 146 valence electrons. The lowest BCUT2D eigenvalue weighted by Crippen LogP contribution is -2.48. The summed E-state index contributed by atoms with van der Waals surface area (Å²) in [6.45, 7) is 9.26. The van der Waals surface area contributed by atoms with Gasteiger partial charge in [-0.15, -0.1) is 11.3 Å². The molecule has 6 heteroatoms. The maximum absolute atomic E-state index is 13.0. The molecule has 1 aromatic carbocycles. The van der Waals surface area contributed by atoms with Crippen molar-refractivity contribution in [2.24, 2.45) is 0 Å². The zero-order chi connectivity index (χ0) is 19.3. The summed E-state index contributed by atoms with van der Waals surface area (Å²) in [4.78, 5) is 23.7. The Bertz CT molecular complexity index is 933. The van der Waals surface area contributed by atoms with E-state index >= 15 is 0 Å². The normalized spacial score (nSPS) is 15.8. The molecule has 0 radical (unpaired) electrons. The van der Waals surface area contributed by atoms with E-state index in [0.29, 0.717) is 12.1 Å². The Balaban J connectivity index is 1.46. The van der Waals surface area contributed by atoms with Crippen LogP contribution in [0.5, 0.6) is 0 Å². The quantitative estimate of drug-likeness (QED) is 0.697. The molecule has 0 unspecified atom stereocenters. The molecular formula is C22H26N4OS. The summed E-state index contributed by atoms with van der Waals surface area (Å²) in [5.74, 6) is -0.0244. The number of amides is 1. The van der Waals surface area contributed by atoms with Crippen LogP contribution in [0.1, 0.15) is 17.3 Å². The minimum atomic E-state index is -0.0244. The van der Waals surface area contributed by atoms with E-state index in [1.807, 2.05) is 47.8 Å². The first-order chi connectivity index (χ1) is 13.7. The van der Waals surface area contributed by atoms with Gasteiger partial charge in [-0.2, -0.15) is 0 Å². The first kappa shape index (κ1) is 19.1. The fourth-order valence-corrected chi connectivity index (χ4v) is 4.35. The molecule has 1 aliphatic heterocycles. The second kappa shape index (κ2) is 8.82. The van der Waals surface area contributed by atoms with Crippen LogP contribution < -0.4 is 5.32 Å². The van der Waals surface area contributed by atoms with Crippen LogP contribution in [0.25, 0.3) is 21.5 Å². The molecule has 1 saturated heterocycles. The highest BCUT2D eigenvalue weighted by atomic mass is 32.1. The second-order valence-electron chi connectivity index (χ2n) is 7.08. The van der Waals surface area contributed by atoms with Crippen molar-refractivity contribution in [2.75, 3.05) is 45.8 Å². The predicted octanol–water partition coefficient (Wildman–Crippen LogP) is 3.33. The van der Waals surface area contributed by atoms with Crippen molar-refractivity contribution in [3.8, 4) is 10.6 Å². The minimum Gasteiger partial charge on any atom is -0.351 e. The van der Waals surface area contributed by atoms with E-state index < -0.39 is 0 Å². The van der Waals surface area contributed by atoms with Crippen molar-refractivity contribution in [2.45, 2.75) is 6.92 Å². The first-order valence-electron chi connectivity index (χ1n) is 9.91. The zero-order valence-corrected chi connectivity index (χ0v) is 17.0. The number of benzene rings is 1. The highest BCUT2D eigenvalue weighted by Gasteiger charge is 2.17. The van der Waals surface area contributed by atoms with Crippen molar-refractivity contribution in [1.29, 1.82) is 0 Å². The molecule has 28 heavy (non-hydrogen) atoms. The number of thiophene rings is 1. The highest BCUT2D eigenvalue weighted by molar-refractivity contribution is 7.13. The smallest absolute Gasteiger partial charge is 0.252 e. The molecule has 0 atom stereocenters. The van der Waals surface area contributed by atoms with Gasteiger partial charge in [0.05, 0.1) is 21.7 Å². The number of hydrogen-bond acceptors (Lipinski definition) is 5. The Morgan fingerprint density at radius 1 is 1.11 bits per heavy atom. The van der Waals surface area contributed by atoms with Gasteiger partial charge in [-0.05, 0) is 30.1 Å². The van der Waals surface area contributed by atoms with Crippen molar-refractivity contribution in [3.05, 3.63) is 53.4 Å². The summed E-state index contributed by atoms with van der Waals surface area (Å²) in [6.07, 6.45) is 0. The van der Waals surface area contributed by atoms with Crippen LogP contribution in [-0.2, 0) is 0 Å². The van der Waals surface area contributed by atoms with E-state index in [1.165, 1.54) is 0 Å². The highest BCUT2D eigenvalue weighted by Crippen LogP contribution is 2.27. The molecule has 0 saturated carbocycles. The molecule has 4 rings (SSSR count). The third-order valence-corrected chi connectivity index (χ3v) is 6.25. The Labute approximate surface area is 170 Å². The van der Waals surface area contributed by atoms with Gasteiger partial charge in [-0.1, -0.05) is 31.2 Å². The molecule has 0 bridgehead atoms. The van der Waals surface area contributed by atoms with Crippen molar-refractivity contribution < 1.29 is 4.79 Å². The maximum Gasteiger partial charge on any atom is 0.252 e. The van der Waals surface area contributed by atoms with E-state index in [-0.39, 0.29) is 5.91 Å². The van der Waals surface area contributed by atoms with Gasteiger partial charge in [0.15, 0.2) is 0 Å². The van der Waals surface area contributed by atoms with Gasteiger partial charge in [-0.3, -0.25) is 9.69 Å². The molecule has 5 nitrogen and oxygen atoms in total. The number of aromatic nitrogens is 1. The van der Waals surface area contributed by atoms with Crippen molar-refractivity contribution in [3.63, 3.8) is 0 Å². The fraction of sp³-hybridized carbons (Fsp3) is 0.364. The number of hydrogen-bond donors (Lipinski definition) is 1. The Kier molecular flexibility index (Phi) is 6.00. The predicted molar refractivity (Wildman–Crippen MR) is 116 cm³/mol. The number of fused-ring (bicyclic) bond motifs is 1.